The van der Waals surface area contributed by atoms with Gasteiger partial charge < -0.3 is 24.3 Å². The van der Waals surface area contributed by atoms with Crippen molar-refractivity contribution in [2.45, 2.75) is 6.92 Å². The van der Waals surface area contributed by atoms with E-state index in [1.807, 2.05) is 18.2 Å². The Kier molecular flexibility index (Phi) is 7.07. The third-order valence-electron chi connectivity index (χ3n) is 5.08. The van der Waals surface area contributed by atoms with Gasteiger partial charge in [0.05, 0.1) is 32.7 Å². The standard InChI is InChI=1S/C23H25N3O7/c1-14-19(22(28)26(25(14)2)15-9-7-6-8-10-15)24-18(27)13-33-23(29)16-11-12-17(30-3)21(32-5)20(16)31-4/h6-12H,13H2,1-5H3,(H,24,27). The van der Waals surface area contributed by atoms with E-state index in [0.717, 1.165) is 0 Å². The number of hydrogen-bond acceptors (Lipinski definition) is 7. The molecule has 3 aromatic rings. The van der Waals surface area contributed by atoms with Crippen LogP contribution in [0.15, 0.2) is 47.3 Å². The SMILES string of the molecule is COc1ccc(C(=O)OCC(=O)Nc2c(C)n(C)n(-c3ccccc3)c2=O)c(OC)c1OC. The van der Waals surface area contributed by atoms with Gasteiger partial charge in [-0.25, -0.2) is 9.48 Å². The van der Waals surface area contributed by atoms with Crippen molar-refractivity contribution in [1.82, 2.24) is 9.36 Å². The highest BCUT2D eigenvalue weighted by Gasteiger charge is 2.23. The van der Waals surface area contributed by atoms with E-state index in [4.69, 9.17) is 18.9 Å². The number of hydrogen-bond donors (Lipinski definition) is 1. The molecule has 0 saturated heterocycles. The Morgan fingerprint density at radius 3 is 2.21 bits per heavy atom. The van der Waals surface area contributed by atoms with Crippen molar-refractivity contribution < 1.29 is 28.5 Å². The Bertz CT molecular complexity index is 1230. The number of esters is 1. The van der Waals surface area contributed by atoms with E-state index in [0.29, 0.717) is 17.1 Å². The summed E-state index contributed by atoms with van der Waals surface area (Å²) in [6, 6.07) is 12.0. The monoisotopic (exact) mass is 455 g/mol. The highest BCUT2D eigenvalue weighted by Crippen LogP contribution is 2.39. The van der Waals surface area contributed by atoms with Crippen LogP contribution in [-0.2, 0) is 16.6 Å². The highest BCUT2D eigenvalue weighted by molar-refractivity contribution is 5.97. The second kappa shape index (κ2) is 9.94. The molecule has 0 radical (unpaired) electrons. The number of nitrogens with one attached hydrogen (secondary N) is 1. The smallest absolute Gasteiger partial charge is 0.342 e. The molecule has 1 N–H and O–H groups in total. The maximum absolute atomic E-state index is 12.9. The lowest BCUT2D eigenvalue weighted by Crippen LogP contribution is -2.26. The lowest BCUT2D eigenvalue weighted by atomic mass is 10.1. The predicted molar refractivity (Wildman–Crippen MR) is 121 cm³/mol. The Hall–Kier alpha value is -4.21. The number of nitrogens with zero attached hydrogens (tertiary/aromatic N) is 2. The number of para-hydroxylation sites is 1. The molecular formula is C23H25N3O7. The molecule has 10 heteroatoms. The molecule has 3 rings (SSSR count). The molecule has 0 saturated carbocycles. The van der Waals surface area contributed by atoms with Crippen LogP contribution in [0.25, 0.3) is 5.69 Å². The number of carbonyl (C=O) groups is 2. The van der Waals surface area contributed by atoms with Gasteiger partial charge in [-0.15, -0.1) is 0 Å². The zero-order valence-corrected chi connectivity index (χ0v) is 19.0. The lowest BCUT2D eigenvalue weighted by Gasteiger charge is -2.15. The maximum atomic E-state index is 12.9. The molecule has 1 heterocycles. The van der Waals surface area contributed by atoms with Crippen LogP contribution in [0.4, 0.5) is 5.69 Å². The molecule has 2 aromatic carbocycles. The van der Waals surface area contributed by atoms with Gasteiger partial charge in [0.1, 0.15) is 11.3 Å². The fourth-order valence-electron chi connectivity index (χ4n) is 3.36. The van der Waals surface area contributed by atoms with Crippen LogP contribution in [0, 0.1) is 6.92 Å². The second-order valence-electron chi connectivity index (χ2n) is 6.94. The number of rotatable bonds is 8. The van der Waals surface area contributed by atoms with Gasteiger partial charge in [-0.1, -0.05) is 18.2 Å². The average Bonchev–Trinajstić information content (AvgIpc) is 3.04. The zero-order chi connectivity index (χ0) is 24.1. The summed E-state index contributed by atoms with van der Waals surface area (Å²) in [4.78, 5) is 37.9. The van der Waals surface area contributed by atoms with Gasteiger partial charge in [0.15, 0.2) is 18.1 Å². The first-order valence-corrected chi connectivity index (χ1v) is 9.94. The van der Waals surface area contributed by atoms with E-state index in [9.17, 15) is 14.4 Å². The van der Waals surface area contributed by atoms with Crippen LogP contribution < -0.4 is 25.1 Å². The van der Waals surface area contributed by atoms with E-state index in [1.54, 1.807) is 30.8 Å². The molecular weight excluding hydrogens is 430 g/mol. The fourth-order valence-corrected chi connectivity index (χ4v) is 3.36. The van der Waals surface area contributed by atoms with Crippen molar-refractivity contribution in [2.24, 2.45) is 7.05 Å². The predicted octanol–water partition coefficient (Wildman–Crippen LogP) is 2.31. The van der Waals surface area contributed by atoms with Crippen LogP contribution in [0.5, 0.6) is 17.2 Å². The Morgan fingerprint density at radius 1 is 0.939 bits per heavy atom. The van der Waals surface area contributed by atoms with Crippen LogP contribution in [0.3, 0.4) is 0 Å². The molecule has 33 heavy (non-hydrogen) atoms. The van der Waals surface area contributed by atoms with Gasteiger partial charge in [-0.3, -0.25) is 14.3 Å². The Morgan fingerprint density at radius 2 is 1.61 bits per heavy atom. The van der Waals surface area contributed by atoms with Crippen molar-refractivity contribution in [2.75, 3.05) is 33.3 Å². The molecule has 0 spiro atoms. The van der Waals surface area contributed by atoms with Crippen molar-refractivity contribution in [3.8, 4) is 22.9 Å². The summed E-state index contributed by atoms with van der Waals surface area (Å²) in [7, 11) is 5.95. The van der Waals surface area contributed by atoms with E-state index in [2.05, 4.69) is 5.32 Å². The molecule has 0 fully saturated rings. The van der Waals surface area contributed by atoms with Gasteiger partial charge in [0.2, 0.25) is 5.75 Å². The molecule has 10 nitrogen and oxygen atoms in total. The van der Waals surface area contributed by atoms with E-state index >= 15 is 0 Å². The van der Waals surface area contributed by atoms with Gasteiger partial charge in [-0.05, 0) is 31.2 Å². The van der Waals surface area contributed by atoms with Crippen LogP contribution in [0.2, 0.25) is 0 Å². The first-order valence-electron chi connectivity index (χ1n) is 9.94. The van der Waals surface area contributed by atoms with Gasteiger partial charge in [0.25, 0.3) is 11.5 Å². The number of anilines is 1. The summed E-state index contributed by atoms with van der Waals surface area (Å²) in [5, 5.41) is 2.54. The summed E-state index contributed by atoms with van der Waals surface area (Å²) >= 11 is 0. The number of benzene rings is 2. The third-order valence-corrected chi connectivity index (χ3v) is 5.08. The minimum atomic E-state index is -0.797. The number of aromatic nitrogens is 2. The molecule has 0 unspecified atom stereocenters. The molecule has 174 valence electrons. The van der Waals surface area contributed by atoms with Crippen molar-refractivity contribution >= 4 is 17.6 Å². The first-order chi connectivity index (χ1) is 15.8. The summed E-state index contributed by atoms with van der Waals surface area (Å²) in [6.45, 7) is 1.10. The topological polar surface area (TPSA) is 110 Å². The number of methoxy groups -OCH3 is 3. The fraction of sp³-hybridized carbons (Fsp3) is 0.261. The lowest BCUT2D eigenvalue weighted by molar-refractivity contribution is -0.119. The number of amides is 1. The molecule has 0 bridgehead atoms. The van der Waals surface area contributed by atoms with E-state index < -0.39 is 24.0 Å². The number of carbonyl (C=O) groups excluding carboxylic acids is 2. The molecule has 0 aliphatic rings. The molecule has 0 aliphatic heterocycles. The minimum absolute atomic E-state index is 0.0604. The summed E-state index contributed by atoms with van der Waals surface area (Å²) < 4.78 is 23.9. The average molecular weight is 455 g/mol. The summed E-state index contributed by atoms with van der Waals surface area (Å²) in [5.74, 6) is -0.742. The van der Waals surface area contributed by atoms with Gasteiger partial charge in [-0.2, -0.15) is 0 Å². The van der Waals surface area contributed by atoms with Crippen molar-refractivity contribution in [3.63, 3.8) is 0 Å². The summed E-state index contributed by atoms with van der Waals surface area (Å²) in [6.07, 6.45) is 0. The zero-order valence-electron chi connectivity index (χ0n) is 19.0. The van der Waals surface area contributed by atoms with Gasteiger partial charge in [0, 0.05) is 7.05 Å². The summed E-state index contributed by atoms with van der Waals surface area (Å²) in [5.41, 5.74) is 0.962. The minimum Gasteiger partial charge on any atom is -0.493 e. The highest BCUT2D eigenvalue weighted by atomic mass is 16.5. The number of ether oxygens (including phenoxy) is 4. The van der Waals surface area contributed by atoms with Crippen LogP contribution in [0.1, 0.15) is 16.1 Å². The van der Waals surface area contributed by atoms with Crippen LogP contribution in [-0.4, -0.2) is 49.2 Å². The largest absolute Gasteiger partial charge is 0.493 e. The second-order valence-corrected chi connectivity index (χ2v) is 6.94. The first kappa shape index (κ1) is 23.5. The van der Waals surface area contributed by atoms with E-state index in [1.165, 1.54) is 38.1 Å². The van der Waals surface area contributed by atoms with E-state index in [-0.39, 0.29) is 22.7 Å². The molecule has 1 aromatic heterocycles. The Balaban J connectivity index is 1.76. The quantitative estimate of drug-likeness (QED) is 0.519. The third kappa shape index (κ3) is 4.54. The molecule has 1 amide bonds. The maximum Gasteiger partial charge on any atom is 0.342 e. The van der Waals surface area contributed by atoms with Crippen molar-refractivity contribution in [3.05, 3.63) is 64.1 Å². The molecule has 0 atom stereocenters. The van der Waals surface area contributed by atoms with Crippen molar-refractivity contribution in [1.29, 1.82) is 0 Å². The van der Waals surface area contributed by atoms with Gasteiger partial charge >= 0.3 is 5.97 Å². The molecule has 0 aliphatic carbocycles. The van der Waals surface area contributed by atoms with Crippen LogP contribution >= 0.6 is 0 Å². The Labute approximate surface area is 190 Å². The normalized spacial score (nSPS) is 10.5.